The van der Waals surface area contributed by atoms with Crippen LogP contribution in [0.15, 0.2) is 76.8 Å². The smallest absolute Gasteiger partial charge is 0.326 e. The van der Waals surface area contributed by atoms with Gasteiger partial charge < -0.3 is 15.3 Å². The zero-order valence-electron chi connectivity index (χ0n) is 22.3. The summed E-state index contributed by atoms with van der Waals surface area (Å²) < 4.78 is 18.1. The topological polar surface area (TPSA) is 125 Å². The van der Waals surface area contributed by atoms with Crippen molar-refractivity contribution in [2.45, 2.75) is 18.9 Å². The maximum absolute atomic E-state index is 14.8. The number of benzene rings is 2. The predicted octanol–water partition coefficient (Wildman–Crippen LogP) is 4.24. The van der Waals surface area contributed by atoms with E-state index in [4.69, 9.17) is 5.41 Å². The standard InChI is InChI=1S/C30H27FN8O2/c1-33-17-20-5-6-23(14-24(20)31)39-27(21-3-2-10-34-18-21)15-26(36-39)29(40)37-11-8-22(9-12-37)38-28-13-19(16-32)4-7-25(28)35-30(38)41/h2-7,10,13-18,22,32H,8-9,11-12H2,1H3,(H,35,41). The number of hydrogen-bond acceptors (Lipinski definition) is 6. The largest absolute Gasteiger partial charge is 0.337 e. The third-order valence-electron chi connectivity index (χ3n) is 7.41. The van der Waals surface area contributed by atoms with E-state index in [1.54, 1.807) is 70.0 Å². The van der Waals surface area contributed by atoms with E-state index in [0.29, 0.717) is 48.4 Å². The van der Waals surface area contributed by atoms with Crippen LogP contribution in [0.25, 0.3) is 28.0 Å². The van der Waals surface area contributed by atoms with Crippen molar-refractivity contribution in [1.29, 1.82) is 5.41 Å². The molecular formula is C30H27FN8O2. The molecule has 1 fully saturated rings. The molecule has 1 amide bonds. The third kappa shape index (κ3) is 4.86. The van der Waals surface area contributed by atoms with E-state index >= 15 is 0 Å². The number of nitrogens with zero attached hydrogens (tertiary/aromatic N) is 6. The van der Waals surface area contributed by atoms with Crippen LogP contribution in [0.1, 0.15) is 40.5 Å². The minimum Gasteiger partial charge on any atom is -0.337 e. The van der Waals surface area contributed by atoms with Gasteiger partial charge in [0, 0.05) is 68.2 Å². The molecule has 2 N–H and O–H groups in total. The summed E-state index contributed by atoms with van der Waals surface area (Å²) in [5.41, 5.74) is 4.40. The molecule has 4 heterocycles. The predicted molar refractivity (Wildman–Crippen MR) is 155 cm³/mol. The van der Waals surface area contributed by atoms with Crippen molar-refractivity contribution < 1.29 is 9.18 Å². The molecular weight excluding hydrogens is 523 g/mol. The lowest BCUT2D eigenvalue weighted by atomic mass is 10.0. The number of imidazole rings is 1. The van der Waals surface area contributed by atoms with Crippen molar-refractivity contribution in [3.63, 3.8) is 0 Å². The van der Waals surface area contributed by atoms with Crippen LogP contribution in [0.5, 0.6) is 0 Å². The number of fused-ring (bicyclic) bond motifs is 1. The van der Waals surface area contributed by atoms with Gasteiger partial charge in [-0.25, -0.2) is 13.9 Å². The monoisotopic (exact) mass is 550 g/mol. The van der Waals surface area contributed by atoms with Crippen LogP contribution in [-0.4, -0.2) is 67.7 Å². The molecule has 0 unspecified atom stereocenters. The van der Waals surface area contributed by atoms with Gasteiger partial charge in [0.25, 0.3) is 5.91 Å². The number of likely N-dealkylation sites (tertiary alicyclic amines) is 1. The van der Waals surface area contributed by atoms with Crippen LogP contribution in [0.4, 0.5) is 4.39 Å². The van der Waals surface area contributed by atoms with E-state index in [1.807, 2.05) is 12.1 Å². The second-order valence-electron chi connectivity index (χ2n) is 9.91. The fourth-order valence-electron chi connectivity index (χ4n) is 5.37. The highest BCUT2D eigenvalue weighted by atomic mass is 19.1. The van der Waals surface area contributed by atoms with Gasteiger partial charge >= 0.3 is 5.69 Å². The van der Waals surface area contributed by atoms with Gasteiger partial charge in [0.1, 0.15) is 5.82 Å². The molecule has 0 spiro atoms. The van der Waals surface area contributed by atoms with Gasteiger partial charge in [-0.15, -0.1) is 0 Å². The second-order valence-corrected chi connectivity index (χ2v) is 9.91. The van der Waals surface area contributed by atoms with E-state index in [2.05, 4.69) is 20.1 Å². The molecule has 1 saturated heterocycles. The number of aliphatic imine (C=N–C) groups is 1. The molecule has 10 nitrogen and oxygen atoms in total. The summed E-state index contributed by atoms with van der Waals surface area (Å²) in [6.45, 7) is 0.892. The lowest BCUT2D eigenvalue weighted by Crippen LogP contribution is -2.40. The quantitative estimate of drug-likeness (QED) is 0.307. The van der Waals surface area contributed by atoms with Crippen molar-refractivity contribution in [1.82, 2.24) is 29.2 Å². The van der Waals surface area contributed by atoms with Crippen molar-refractivity contribution in [2.75, 3.05) is 20.1 Å². The summed E-state index contributed by atoms with van der Waals surface area (Å²) in [6.07, 6.45) is 7.21. The molecule has 11 heteroatoms. The molecule has 6 rings (SSSR count). The summed E-state index contributed by atoms with van der Waals surface area (Å²) in [6, 6.07) is 15.4. The highest BCUT2D eigenvalue weighted by Gasteiger charge is 2.29. The Morgan fingerprint density at radius 1 is 1.15 bits per heavy atom. The van der Waals surface area contributed by atoms with Gasteiger partial charge in [0.15, 0.2) is 5.69 Å². The Bertz CT molecular complexity index is 1850. The molecule has 0 radical (unpaired) electrons. The zero-order valence-corrected chi connectivity index (χ0v) is 22.3. The van der Waals surface area contributed by atoms with Crippen molar-refractivity contribution in [3.05, 3.63) is 100 Å². The van der Waals surface area contributed by atoms with Crippen LogP contribution in [0.2, 0.25) is 0 Å². The molecule has 0 saturated carbocycles. The number of pyridine rings is 1. The Labute approximate surface area is 234 Å². The minimum atomic E-state index is -0.448. The summed E-state index contributed by atoms with van der Waals surface area (Å²) >= 11 is 0. The molecule has 5 aromatic rings. The number of rotatable bonds is 6. The van der Waals surface area contributed by atoms with Gasteiger partial charge in [-0.3, -0.25) is 19.3 Å². The summed E-state index contributed by atoms with van der Waals surface area (Å²) in [5.74, 6) is -0.684. The number of carbonyl (C=O) groups excluding carboxylic acids is 1. The number of hydrogen-bond donors (Lipinski definition) is 2. The maximum atomic E-state index is 14.8. The Morgan fingerprint density at radius 3 is 2.68 bits per heavy atom. The normalized spacial score (nSPS) is 14.2. The first kappa shape index (κ1) is 26.1. The van der Waals surface area contributed by atoms with Crippen LogP contribution in [-0.2, 0) is 0 Å². The number of piperidine rings is 1. The van der Waals surface area contributed by atoms with Crippen molar-refractivity contribution in [3.8, 4) is 16.9 Å². The van der Waals surface area contributed by atoms with Crippen LogP contribution < -0.4 is 5.69 Å². The first-order valence-electron chi connectivity index (χ1n) is 13.2. The fourth-order valence-corrected chi connectivity index (χ4v) is 5.37. The third-order valence-corrected chi connectivity index (χ3v) is 7.41. The molecule has 2 aromatic carbocycles. The Balaban J connectivity index is 1.28. The van der Waals surface area contributed by atoms with Crippen LogP contribution in [0, 0.1) is 11.2 Å². The summed E-state index contributed by atoms with van der Waals surface area (Å²) in [5, 5.41) is 12.2. The SMILES string of the molecule is CN=Cc1ccc(-n2nc(C(=O)N3CCC(n4c(=O)[nH]c5ccc(C=N)cc54)CC3)cc2-c2cccnc2)cc1F. The molecule has 0 aliphatic carbocycles. The second kappa shape index (κ2) is 10.8. The molecule has 206 valence electrons. The molecule has 41 heavy (non-hydrogen) atoms. The van der Waals surface area contributed by atoms with Gasteiger partial charge in [-0.1, -0.05) is 6.07 Å². The maximum Gasteiger partial charge on any atom is 0.326 e. The summed E-state index contributed by atoms with van der Waals surface area (Å²) in [7, 11) is 1.58. The molecule has 0 atom stereocenters. The van der Waals surface area contributed by atoms with E-state index in [-0.39, 0.29) is 23.3 Å². The first-order chi connectivity index (χ1) is 20.0. The van der Waals surface area contributed by atoms with E-state index in [0.717, 1.165) is 16.6 Å². The number of H-pyrrole nitrogens is 1. The number of carbonyl (C=O) groups is 1. The summed E-state index contributed by atoms with van der Waals surface area (Å²) in [4.78, 5) is 39.1. The number of halogens is 1. The molecule has 1 aliphatic heterocycles. The van der Waals surface area contributed by atoms with E-state index < -0.39 is 5.82 Å². The lowest BCUT2D eigenvalue weighted by Gasteiger charge is -2.32. The zero-order chi connectivity index (χ0) is 28.5. The van der Waals surface area contributed by atoms with E-state index in [9.17, 15) is 14.0 Å². The molecule has 1 aliphatic rings. The number of nitrogens with one attached hydrogen (secondary N) is 2. The van der Waals surface area contributed by atoms with Gasteiger partial charge in [0.2, 0.25) is 0 Å². The fraction of sp³-hybridized carbons (Fsp3) is 0.200. The molecule has 3 aromatic heterocycles. The number of aromatic amines is 1. The highest BCUT2D eigenvalue weighted by Crippen LogP contribution is 2.28. The number of aromatic nitrogens is 5. The molecule has 0 bridgehead atoms. The van der Waals surface area contributed by atoms with Crippen LogP contribution >= 0.6 is 0 Å². The van der Waals surface area contributed by atoms with Crippen molar-refractivity contribution >= 4 is 29.4 Å². The average Bonchev–Trinajstić information content (AvgIpc) is 3.59. The number of amides is 1. The Hall–Kier alpha value is -5.19. The highest BCUT2D eigenvalue weighted by molar-refractivity contribution is 5.94. The average molecular weight is 551 g/mol. The Kier molecular flexibility index (Phi) is 6.84. The first-order valence-corrected chi connectivity index (χ1v) is 13.2. The van der Waals surface area contributed by atoms with Crippen molar-refractivity contribution in [2.24, 2.45) is 4.99 Å². The van der Waals surface area contributed by atoms with Crippen LogP contribution in [0.3, 0.4) is 0 Å². The van der Waals surface area contributed by atoms with Gasteiger partial charge in [-0.05, 0) is 60.9 Å². The van der Waals surface area contributed by atoms with E-state index in [1.165, 1.54) is 18.5 Å². The lowest BCUT2D eigenvalue weighted by molar-refractivity contribution is 0.0688. The minimum absolute atomic E-state index is 0.0852. The van der Waals surface area contributed by atoms with Gasteiger partial charge in [-0.2, -0.15) is 5.10 Å². The Morgan fingerprint density at radius 2 is 1.98 bits per heavy atom. The van der Waals surface area contributed by atoms with Gasteiger partial charge in [0.05, 0.1) is 22.4 Å².